The Kier molecular flexibility index (Phi) is 4.45. The average molecular weight is 366 g/mol. The van der Waals surface area contributed by atoms with Crippen molar-refractivity contribution in [1.29, 1.82) is 0 Å². The first-order valence-corrected chi connectivity index (χ1v) is 8.77. The second-order valence-corrected chi connectivity index (χ2v) is 6.74. The molecule has 0 spiro atoms. The number of nitrogens with zero attached hydrogens (tertiary/aromatic N) is 3. The molecule has 1 aliphatic heterocycles. The van der Waals surface area contributed by atoms with Gasteiger partial charge >= 0.3 is 0 Å². The van der Waals surface area contributed by atoms with E-state index in [0.29, 0.717) is 36.5 Å². The number of nitrogens with one attached hydrogen (secondary N) is 1. The summed E-state index contributed by atoms with van der Waals surface area (Å²) in [6.07, 6.45) is 1.75. The maximum Gasteiger partial charge on any atom is 0.258 e. The third-order valence-electron chi connectivity index (χ3n) is 4.72. The summed E-state index contributed by atoms with van der Waals surface area (Å²) in [5.41, 5.74) is 2.71. The van der Waals surface area contributed by atoms with Crippen molar-refractivity contribution in [3.63, 3.8) is 0 Å². The lowest BCUT2D eigenvalue weighted by Gasteiger charge is -2.35. The first-order valence-electron chi connectivity index (χ1n) is 8.77. The molecule has 6 nitrogen and oxygen atoms in total. The molecule has 3 heterocycles. The quantitative estimate of drug-likeness (QED) is 0.768. The molecule has 0 saturated carbocycles. The van der Waals surface area contributed by atoms with Crippen molar-refractivity contribution in [2.24, 2.45) is 0 Å². The van der Waals surface area contributed by atoms with E-state index in [2.05, 4.69) is 10.3 Å². The second-order valence-electron chi connectivity index (χ2n) is 6.74. The SMILES string of the molecule is Cc1ccc2nc(CN3CCNC(=O)C3c3ccc(F)cc3)cc(=O)n2c1. The predicted octanol–water partition coefficient (Wildman–Crippen LogP) is 1.82. The van der Waals surface area contributed by atoms with E-state index in [4.69, 9.17) is 0 Å². The van der Waals surface area contributed by atoms with Gasteiger partial charge in [0, 0.05) is 31.9 Å². The summed E-state index contributed by atoms with van der Waals surface area (Å²) in [4.78, 5) is 31.4. The predicted molar refractivity (Wildman–Crippen MR) is 98.8 cm³/mol. The standard InChI is InChI=1S/C20H19FN4O2/c1-13-2-7-17-23-16(10-18(26)25(17)11-13)12-24-9-8-22-20(27)19(24)14-3-5-15(21)6-4-14/h2-7,10-11,19H,8-9,12H2,1H3,(H,22,27). The van der Waals surface area contributed by atoms with Gasteiger partial charge in [-0.25, -0.2) is 9.37 Å². The molecular formula is C20H19FN4O2. The Labute approximate surface area is 155 Å². The number of aryl methyl sites for hydroxylation is 1. The van der Waals surface area contributed by atoms with E-state index in [0.717, 1.165) is 5.56 Å². The van der Waals surface area contributed by atoms with E-state index in [1.165, 1.54) is 22.6 Å². The van der Waals surface area contributed by atoms with Gasteiger partial charge in [0.25, 0.3) is 5.56 Å². The summed E-state index contributed by atoms with van der Waals surface area (Å²) in [6, 6.07) is 10.6. The Morgan fingerprint density at radius 3 is 2.74 bits per heavy atom. The molecule has 1 aromatic carbocycles. The summed E-state index contributed by atoms with van der Waals surface area (Å²) in [5.74, 6) is -0.484. The summed E-state index contributed by atoms with van der Waals surface area (Å²) < 4.78 is 14.8. The lowest BCUT2D eigenvalue weighted by molar-refractivity contribution is -0.129. The van der Waals surface area contributed by atoms with Crippen LogP contribution in [0.5, 0.6) is 0 Å². The van der Waals surface area contributed by atoms with Crippen LogP contribution in [0.1, 0.15) is 22.9 Å². The van der Waals surface area contributed by atoms with Crippen molar-refractivity contribution >= 4 is 11.6 Å². The van der Waals surface area contributed by atoms with Crippen LogP contribution in [0.25, 0.3) is 5.65 Å². The molecule has 3 aromatic rings. The normalized spacial score (nSPS) is 17.9. The molecule has 2 aromatic heterocycles. The van der Waals surface area contributed by atoms with Gasteiger partial charge in [-0.15, -0.1) is 0 Å². The zero-order valence-corrected chi connectivity index (χ0v) is 14.9. The highest BCUT2D eigenvalue weighted by atomic mass is 19.1. The Hall–Kier alpha value is -3.06. The van der Waals surface area contributed by atoms with E-state index in [1.54, 1.807) is 24.4 Å². The number of aromatic nitrogens is 2. The number of rotatable bonds is 3. The molecule has 1 unspecified atom stereocenters. The summed E-state index contributed by atoms with van der Waals surface area (Å²) in [7, 11) is 0. The van der Waals surface area contributed by atoms with Crippen molar-refractivity contribution in [3.05, 3.63) is 81.7 Å². The molecule has 1 fully saturated rings. The molecule has 0 bridgehead atoms. The zero-order valence-electron chi connectivity index (χ0n) is 14.9. The fourth-order valence-corrected chi connectivity index (χ4v) is 3.44. The summed E-state index contributed by atoms with van der Waals surface area (Å²) in [5, 5.41) is 2.85. The minimum atomic E-state index is -0.544. The number of carbonyl (C=O) groups excluding carboxylic acids is 1. The first-order chi connectivity index (χ1) is 13.0. The van der Waals surface area contributed by atoms with Gasteiger partial charge in [-0.3, -0.25) is 18.9 Å². The van der Waals surface area contributed by atoms with Gasteiger partial charge in [0.15, 0.2) is 0 Å². The third-order valence-corrected chi connectivity index (χ3v) is 4.72. The molecule has 1 saturated heterocycles. The van der Waals surface area contributed by atoms with Gasteiger partial charge < -0.3 is 5.32 Å². The highest BCUT2D eigenvalue weighted by Crippen LogP contribution is 2.25. The van der Waals surface area contributed by atoms with Crippen molar-refractivity contribution in [2.45, 2.75) is 19.5 Å². The van der Waals surface area contributed by atoms with Crippen molar-refractivity contribution in [1.82, 2.24) is 19.6 Å². The first kappa shape index (κ1) is 17.4. The highest BCUT2D eigenvalue weighted by molar-refractivity contribution is 5.83. The molecule has 1 amide bonds. The molecule has 0 aliphatic carbocycles. The number of piperazine rings is 1. The van der Waals surface area contributed by atoms with Crippen LogP contribution < -0.4 is 10.9 Å². The molecular weight excluding hydrogens is 347 g/mol. The van der Waals surface area contributed by atoms with Crippen molar-refractivity contribution in [2.75, 3.05) is 13.1 Å². The molecule has 27 heavy (non-hydrogen) atoms. The Morgan fingerprint density at radius 2 is 1.96 bits per heavy atom. The van der Waals surface area contributed by atoms with Crippen LogP contribution in [0.2, 0.25) is 0 Å². The van der Waals surface area contributed by atoms with Crippen LogP contribution in [0.15, 0.2) is 53.5 Å². The Morgan fingerprint density at radius 1 is 1.19 bits per heavy atom. The maximum atomic E-state index is 13.3. The zero-order chi connectivity index (χ0) is 19.0. The van der Waals surface area contributed by atoms with E-state index >= 15 is 0 Å². The molecule has 7 heteroatoms. The number of carbonyl (C=O) groups is 1. The van der Waals surface area contributed by atoms with E-state index < -0.39 is 6.04 Å². The lowest BCUT2D eigenvalue weighted by atomic mass is 10.0. The van der Waals surface area contributed by atoms with Crippen LogP contribution in [-0.2, 0) is 11.3 Å². The number of pyridine rings is 1. The number of halogens is 1. The molecule has 4 rings (SSSR count). The van der Waals surface area contributed by atoms with Gasteiger partial charge in [0.2, 0.25) is 5.91 Å². The number of fused-ring (bicyclic) bond motifs is 1. The van der Waals surface area contributed by atoms with E-state index in [1.807, 2.05) is 17.9 Å². The highest BCUT2D eigenvalue weighted by Gasteiger charge is 2.31. The molecule has 1 atom stereocenters. The molecule has 0 radical (unpaired) electrons. The lowest BCUT2D eigenvalue weighted by Crippen LogP contribution is -2.49. The smallest absolute Gasteiger partial charge is 0.258 e. The molecule has 1 aliphatic rings. The van der Waals surface area contributed by atoms with Gasteiger partial charge in [0.1, 0.15) is 17.5 Å². The Bertz CT molecular complexity index is 1060. The van der Waals surface area contributed by atoms with E-state index in [9.17, 15) is 14.0 Å². The fraction of sp³-hybridized carbons (Fsp3) is 0.250. The number of hydrogen-bond acceptors (Lipinski definition) is 4. The van der Waals surface area contributed by atoms with Gasteiger partial charge in [0.05, 0.1) is 5.69 Å². The number of amides is 1. The second kappa shape index (κ2) is 6.92. The average Bonchev–Trinajstić information content (AvgIpc) is 2.64. The topological polar surface area (TPSA) is 66.7 Å². The van der Waals surface area contributed by atoms with Crippen molar-refractivity contribution < 1.29 is 9.18 Å². The van der Waals surface area contributed by atoms with Gasteiger partial charge in [-0.2, -0.15) is 0 Å². The number of benzene rings is 1. The summed E-state index contributed by atoms with van der Waals surface area (Å²) in [6.45, 7) is 3.40. The van der Waals surface area contributed by atoms with E-state index in [-0.39, 0.29) is 17.3 Å². The van der Waals surface area contributed by atoms with Crippen LogP contribution in [0, 0.1) is 12.7 Å². The van der Waals surface area contributed by atoms with Crippen LogP contribution >= 0.6 is 0 Å². The van der Waals surface area contributed by atoms with Crippen LogP contribution in [0.3, 0.4) is 0 Å². The fourth-order valence-electron chi connectivity index (χ4n) is 3.44. The molecule has 138 valence electrons. The monoisotopic (exact) mass is 366 g/mol. The largest absolute Gasteiger partial charge is 0.353 e. The van der Waals surface area contributed by atoms with Gasteiger partial charge in [-0.05, 0) is 36.2 Å². The van der Waals surface area contributed by atoms with Gasteiger partial charge in [-0.1, -0.05) is 18.2 Å². The van der Waals surface area contributed by atoms with Crippen molar-refractivity contribution in [3.8, 4) is 0 Å². The minimum absolute atomic E-state index is 0.138. The maximum absolute atomic E-state index is 13.3. The van der Waals surface area contributed by atoms with Crippen LogP contribution in [-0.4, -0.2) is 33.3 Å². The summed E-state index contributed by atoms with van der Waals surface area (Å²) >= 11 is 0. The Balaban J connectivity index is 1.68. The van der Waals surface area contributed by atoms with Crippen LogP contribution in [0.4, 0.5) is 4.39 Å². The number of hydrogen-bond donors (Lipinski definition) is 1. The minimum Gasteiger partial charge on any atom is -0.353 e. The third kappa shape index (κ3) is 3.46. The molecule has 1 N–H and O–H groups in total.